The zero-order valence-electron chi connectivity index (χ0n) is 13.6. The monoisotopic (exact) mass is 299 g/mol. The third-order valence-electron chi connectivity index (χ3n) is 3.50. The fourth-order valence-electron chi connectivity index (χ4n) is 2.61. The van der Waals surface area contributed by atoms with E-state index in [1.165, 1.54) is 0 Å². The molecule has 1 unspecified atom stereocenters. The van der Waals surface area contributed by atoms with Crippen LogP contribution in [0.2, 0.25) is 0 Å². The van der Waals surface area contributed by atoms with Crippen LogP contribution in [0.1, 0.15) is 27.7 Å². The second kappa shape index (κ2) is 8.34. The van der Waals surface area contributed by atoms with Crippen molar-refractivity contribution in [1.82, 2.24) is 15.1 Å². The van der Waals surface area contributed by atoms with Crippen LogP contribution in [0.5, 0.6) is 0 Å². The summed E-state index contributed by atoms with van der Waals surface area (Å²) < 4.78 is 0. The van der Waals surface area contributed by atoms with E-state index in [0.29, 0.717) is 24.9 Å². The zero-order chi connectivity index (χ0) is 16.0. The molecule has 0 bridgehead atoms. The number of piperazine rings is 1. The van der Waals surface area contributed by atoms with E-state index in [-0.39, 0.29) is 12.5 Å². The first-order valence-electron chi connectivity index (χ1n) is 7.76. The minimum atomic E-state index is -0.866. The Hall–Kier alpha value is -1.14. The predicted octanol–water partition coefficient (Wildman–Crippen LogP) is 0.485. The first kappa shape index (κ1) is 17.9. The smallest absolute Gasteiger partial charge is 0.322 e. The fraction of sp³-hybridized carbons (Fsp3) is 0.867. The Kier molecular flexibility index (Phi) is 7.11. The molecular formula is C15H29N3O3. The molecule has 0 aromatic heterocycles. The summed E-state index contributed by atoms with van der Waals surface area (Å²) in [4.78, 5) is 27.4. The van der Waals surface area contributed by atoms with E-state index < -0.39 is 12.0 Å². The molecule has 1 aliphatic rings. The minimum Gasteiger partial charge on any atom is -0.480 e. The van der Waals surface area contributed by atoms with E-state index in [1.807, 2.05) is 4.90 Å². The molecule has 1 amide bonds. The first-order chi connectivity index (χ1) is 9.81. The fourth-order valence-corrected chi connectivity index (χ4v) is 2.61. The number of nitrogens with zero attached hydrogens (tertiary/aromatic N) is 2. The van der Waals surface area contributed by atoms with Gasteiger partial charge < -0.3 is 15.3 Å². The number of carboxylic acid groups (broad SMARTS) is 1. The summed E-state index contributed by atoms with van der Waals surface area (Å²) >= 11 is 0. The molecule has 0 aromatic carbocycles. The van der Waals surface area contributed by atoms with E-state index in [1.54, 1.807) is 4.90 Å². The second-order valence-electron chi connectivity index (χ2n) is 6.62. The average Bonchev–Trinajstić information content (AvgIpc) is 2.37. The molecule has 0 radical (unpaired) electrons. The summed E-state index contributed by atoms with van der Waals surface area (Å²) in [6.07, 6.45) is 0. The molecule has 122 valence electrons. The third-order valence-corrected chi connectivity index (χ3v) is 3.50. The van der Waals surface area contributed by atoms with E-state index in [2.05, 4.69) is 33.0 Å². The molecule has 1 atom stereocenters. The van der Waals surface area contributed by atoms with E-state index in [4.69, 9.17) is 0 Å². The number of nitrogens with one attached hydrogen (secondary N) is 1. The van der Waals surface area contributed by atoms with Crippen LogP contribution in [0.25, 0.3) is 0 Å². The van der Waals surface area contributed by atoms with Crippen molar-refractivity contribution in [2.24, 2.45) is 11.8 Å². The van der Waals surface area contributed by atoms with Gasteiger partial charge in [-0.05, 0) is 11.8 Å². The molecule has 1 heterocycles. The van der Waals surface area contributed by atoms with Gasteiger partial charge in [0.2, 0.25) is 5.91 Å². The van der Waals surface area contributed by atoms with Crippen LogP contribution in [0.4, 0.5) is 0 Å². The maximum absolute atomic E-state index is 12.5. The molecule has 21 heavy (non-hydrogen) atoms. The molecule has 0 aromatic rings. The summed E-state index contributed by atoms with van der Waals surface area (Å²) in [6.45, 7) is 11.7. The Bertz CT molecular complexity index is 348. The maximum atomic E-state index is 12.5. The minimum absolute atomic E-state index is 0.0329. The van der Waals surface area contributed by atoms with Crippen LogP contribution in [0, 0.1) is 11.8 Å². The van der Waals surface area contributed by atoms with Crippen LogP contribution < -0.4 is 5.32 Å². The molecule has 1 aliphatic heterocycles. The lowest BCUT2D eigenvalue weighted by molar-refractivity contribution is -0.145. The molecule has 6 nitrogen and oxygen atoms in total. The van der Waals surface area contributed by atoms with Crippen molar-refractivity contribution in [2.45, 2.75) is 33.7 Å². The van der Waals surface area contributed by atoms with Gasteiger partial charge >= 0.3 is 5.97 Å². The normalized spacial score (nSPS) is 20.0. The standard InChI is InChI=1S/C15H29N3O3/c1-11(2)8-18(9-12(3)4)14(19)10-17-6-5-16-7-13(17)15(20)21/h11-13,16H,5-10H2,1-4H3,(H,20,21). The van der Waals surface area contributed by atoms with Crippen molar-refractivity contribution in [1.29, 1.82) is 0 Å². The molecule has 2 N–H and O–H groups in total. The van der Waals surface area contributed by atoms with Gasteiger partial charge in [-0.2, -0.15) is 0 Å². The number of carboxylic acids is 1. The van der Waals surface area contributed by atoms with Crippen LogP contribution in [0.15, 0.2) is 0 Å². The predicted molar refractivity (Wildman–Crippen MR) is 82.1 cm³/mol. The van der Waals surface area contributed by atoms with E-state index in [0.717, 1.165) is 19.6 Å². The second-order valence-corrected chi connectivity index (χ2v) is 6.62. The number of hydrogen-bond donors (Lipinski definition) is 2. The van der Waals surface area contributed by atoms with Crippen LogP contribution in [-0.2, 0) is 9.59 Å². The Labute approximate surface area is 127 Å². The zero-order valence-corrected chi connectivity index (χ0v) is 13.6. The topological polar surface area (TPSA) is 72.9 Å². The number of amides is 1. The lowest BCUT2D eigenvalue weighted by Crippen LogP contribution is -2.57. The van der Waals surface area contributed by atoms with Gasteiger partial charge in [-0.1, -0.05) is 27.7 Å². The van der Waals surface area contributed by atoms with Gasteiger partial charge in [-0.15, -0.1) is 0 Å². The van der Waals surface area contributed by atoms with Crippen molar-refractivity contribution in [3.63, 3.8) is 0 Å². The van der Waals surface area contributed by atoms with Crippen LogP contribution >= 0.6 is 0 Å². The molecule has 0 spiro atoms. The number of hydrogen-bond acceptors (Lipinski definition) is 4. The van der Waals surface area contributed by atoms with Crippen molar-refractivity contribution in [3.8, 4) is 0 Å². The maximum Gasteiger partial charge on any atom is 0.322 e. The van der Waals surface area contributed by atoms with Gasteiger partial charge in [-0.25, -0.2) is 0 Å². The van der Waals surface area contributed by atoms with Gasteiger partial charge in [0.25, 0.3) is 0 Å². The molecule has 0 aliphatic carbocycles. The molecule has 1 fully saturated rings. The highest BCUT2D eigenvalue weighted by Gasteiger charge is 2.30. The van der Waals surface area contributed by atoms with Gasteiger partial charge in [0, 0.05) is 32.7 Å². The Morgan fingerprint density at radius 3 is 2.29 bits per heavy atom. The summed E-state index contributed by atoms with van der Waals surface area (Å²) in [7, 11) is 0. The van der Waals surface area contributed by atoms with Gasteiger partial charge in [0.05, 0.1) is 6.54 Å². The quantitative estimate of drug-likeness (QED) is 0.715. The Balaban J connectivity index is 2.67. The lowest BCUT2D eigenvalue weighted by atomic mass is 10.1. The molecule has 0 saturated carbocycles. The number of aliphatic carboxylic acids is 1. The highest BCUT2D eigenvalue weighted by atomic mass is 16.4. The first-order valence-corrected chi connectivity index (χ1v) is 7.76. The van der Waals surface area contributed by atoms with Gasteiger partial charge in [-0.3, -0.25) is 14.5 Å². The molecule has 1 saturated heterocycles. The van der Waals surface area contributed by atoms with Crippen LogP contribution in [-0.4, -0.2) is 72.1 Å². The van der Waals surface area contributed by atoms with Crippen molar-refractivity contribution in [3.05, 3.63) is 0 Å². The number of carbonyl (C=O) groups excluding carboxylic acids is 1. The summed E-state index contributed by atoms with van der Waals surface area (Å²) in [5.41, 5.74) is 0. The number of rotatable bonds is 7. The van der Waals surface area contributed by atoms with Crippen LogP contribution in [0.3, 0.4) is 0 Å². The highest BCUT2D eigenvalue weighted by molar-refractivity contribution is 5.80. The Morgan fingerprint density at radius 2 is 1.81 bits per heavy atom. The van der Waals surface area contributed by atoms with Crippen molar-refractivity contribution in [2.75, 3.05) is 39.3 Å². The van der Waals surface area contributed by atoms with Gasteiger partial charge in [0.15, 0.2) is 0 Å². The highest BCUT2D eigenvalue weighted by Crippen LogP contribution is 2.08. The third kappa shape index (κ3) is 6.01. The average molecular weight is 299 g/mol. The Morgan fingerprint density at radius 1 is 1.24 bits per heavy atom. The summed E-state index contributed by atoms with van der Waals surface area (Å²) in [6, 6.07) is -0.609. The molecule has 6 heteroatoms. The summed E-state index contributed by atoms with van der Waals surface area (Å²) in [5, 5.41) is 12.3. The van der Waals surface area contributed by atoms with Gasteiger partial charge in [0.1, 0.15) is 6.04 Å². The molecular weight excluding hydrogens is 270 g/mol. The summed E-state index contributed by atoms with van der Waals surface area (Å²) in [5.74, 6) is -0.0168. The largest absolute Gasteiger partial charge is 0.480 e. The lowest BCUT2D eigenvalue weighted by Gasteiger charge is -2.35. The molecule has 1 rings (SSSR count). The number of carbonyl (C=O) groups is 2. The van der Waals surface area contributed by atoms with Crippen molar-refractivity contribution >= 4 is 11.9 Å². The van der Waals surface area contributed by atoms with E-state index >= 15 is 0 Å². The van der Waals surface area contributed by atoms with E-state index in [9.17, 15) is 14.7 Å². The SMILES string of the molecule is CC(C)CN(CC(C)C)C(=O)CN1CCNCC1C(=O)O. The van der Waals surface area contributed by atoms with Crippen molar-refractivity contribution < 1.29 is 14.7 Å².